The predicted octanol–water partition coefficient (Wildman–Crippen LogP) is 1.57. The van der Waals surface area contributed by atoms with Gasteiger partial charge in [0.1, 0.15) is 0 Å². The average Bonchev–Trinajstić information content (AvgIpc) is 2.63. The van der Waals surface area contributed by atoms with Crippen molar-refractivity contribution in [3.8, 4) is 0 Å². The summed E-state index contributed by atoms with van der Waals surface area (Å²) in [7, 11) is 0. The van der Waals surface area contributed by atoms with Gasteiger partial charge in [-0.3, -0.25) is 0 Å². The van der Waals surface area contributed by atoms with Gasteiger partial charge in [-0.1, -0.05) is 13.8 Å². The van der Waals surface area contributed by atoms with Crippen molar-refractivity contribution in [3.05, 3.63) is 18.7 Å². The van der Waals surface area contributed by atoms with E-state index in [1.54, 1.807) is 0 Å². The second kappa shape index (κ2) is 2.84. The summed E-state index contributed by atoms with van der Waals surface area (Å²) in [6, 6.07) is 0.694. The first-order valence-corrected chi connectivity index (χ1v) is 4.84. The van der Waals surface area contributed by atoms with Crippen molar-refractivity contribution in [1.82, 2.24) is 9.55 Å². The zero-order chi connectivity index (χ0) is 9.47. The fraction of sp³-hybridized carbons (Fsp3) is 0.700. The summed E-state index contributed by atoms with van der Waals surface area (Å²) < 4.78 is 2.14. The minimum atomic E-state index is 0.252. The maximum Gasteiger partial charge on any atom is 0.0949 e. The van der Waals surface area contributed by atoms with Gasteiger partial charge in [-0.15, -0.1) is 0 Å². The summed E-state index contributed by atoms with van der Waals surface area (Å²) in [5.74, 6) is 0. The smallest absolute Gasteiger partial charge is 0.0949 e. The van der Waals surface area contributed by atoms with Gasteiger partial charge in [0.2, 0.25) is 0 Å². The highest BCUT2D eigenvalue weighted by Crippen LogP contribution is 2.42. The number of nitrogens with zero attached hydrogens (tertiary/aromatic N) is 2. The lowest BCUT2D eigenvalue weighted by atomic mass is 9.87. The highest BCUT2D eigenvalue weighted by molar-refractivity contribution is 4.98. The molecular weight excluding hydrogens is 162 g/mol. The quantitative estimate of drug-likeness (QED) is 0.711. The number of nitrogens with two attached hydrogens (primary N) is 1. The predicted molar refractivity (Wildman–Crippen MR) is 52.3 cm³/mol. The number of imidazole rings is 1. The third kappa shape index (κ3) is 1.37. The Morgan fingerprint density at radius 3 is 2.77 bits per heavy atom. The van der Waals surface area contributed by atoms with Gasteiger partial charge < -0.3 is 10.3 Å². The third-order valence-corrected chi connectivity index (χ3v) is 3.31. The van der Waals surface area contributed by atoms with E-state index in [1.807, 2.05) is 18.7 Å². The molecule has 2 unspecified atom stereocenters. The van der Waals surface area contributed by atoms with Gasteiger partial charge in [0, 0.05) is 18.4 Å². The second-order valence-electron chi connectivity index (χ2n) is 4.63. The molecule has 13 heavy (non-hydrogen) atoms. The summed E-state index contributed by atoms with van der Waals surface area (Å²) in [6.07, 6.45) is 8.07. The van der Waals surface area contributed by atoms with Crippen LogP contribution in [0.5, 0.6) is 0 Å². The van der Waals surface area contributed by atoms with Gasteiger partial charge in [0.15, 0.2) is 0 Å². The Kier molecular flexibility index (Phi) is 1.91. The molecule has 2 rings (SSSR count). The molecule has 0 aromatic carbocycles. The van der Waals surface area contributed by atoms with Crippen LogP contribution in [-0.2, 0) is 0 Å². The molecule has 0 bridgehead atoms. The molecule has 1 aromatic heterocycles. The van der Waals surface area contributed by atoms with E-state index in [0.717, 1.165) is 0 Å². The van der Waals surface area contributed by atoms with Crippen LogP contribution in [-0.4, -0.2) is 15.6 Å². The molecule has 0 aliphatic heterocycles. The molecule has 1 aliphatic rings. The SMILES string of the molecule is CC1(C)CCC(n2ccnc2)C1N. The highest BCUT2D eigenvalue weighted by Gasteiger charge is 2.39. The first-order chi connectivity index (χ1) is 6.11. The topological polar surface area (TPSA) is 43.8 Å². The van der Waals surface area contributed by atoms with E-state index < -0.39 is 0 Å². The van der Waals surface area contributed by atoms with Gasteiger partial charge in [0.25, 0.3) is 0 Å². The van der Waals surface area contributed by atoms with Crippen LogP contribution in [0.25, 0.3) is 0 Å². The molecule has 3 nitrogen and oxygen atoms in total. The normalized spacial score (nSPS) is 32.2. The molecule has 1 saturated carbocycles. The maximum absolute atomic E-state index is 6.20. The van der Waals surface area contributed by atoms with Crippen LogP contribution in [0.4, 0.5) is 0 Å². The van der Waals surface area contributed by atoms with Crippen LogP contribution in [0, 0.1) is 5.41 Å². The molecular formula is C10H17N3. The Morgan fingerprint density at radius 2 is 2.31 bits per heavy atom. The van der Waals surface area contributed by atoms with E-state index in [1.165, 1.54) is 12.8 Å². The van der Waals surface area contributed by atoms with E-state index >= 15 is 0 Å². The van der Waals surface area contributed by atoms with Crippen molar-refractivity contribution >= 4 is 0 Å². The van der Waals surface area contributed by atoms with Crippen molar-refractivity contribution in [3.63, 3.8) is 0 Å². The van der Waals surface area contributed by atoms with Crippen LogP contribution in [0.1, 0.15) is 32.7 Å². The Bertz CT molecular complexity index is 276. The van der Waals surface area contributed by atoms with Crippen LogP contribution in [0.2, 0.25) is 0 Å². The Labute approximate surface area is 79.0 Å². The minimum absolute atomic E-state index is 0.252. The third-order valence-electron chi connectivity index (χ3n) is 3.31. The molecule has 0 saturated heterocycles. The van der Waals surface area contributed by atoms with Crippen LogP contribution < -0.4 is 5.73 Å². The summed E-state index contributed by atoms with van der Waals surface area (Å²) in [4.78, 5) is 4.06. The Balaban J connectivity index is 2.21. The number of rotatable bonds is 1. The monoisotopic (exact) mass is 179 g/mol. The van der Waals surface area contributed by atoms with E-state index in [-0.39, 0.29) is 11.5 Å². The molecule has 2 N–H and O–H groups in total. The lowest BCUT2D eigenvalue weighted by Gasteiger charge is -2.27. The van der Waals surface area contributed by atoms with Crippen molar-refractivity contribution in [2.75, 3.05) is 0 Å². The first-order valence-electron chi connectivity index (χ1n) is 4.84. The summed E-state index contributed by atoms with van der Waals surface area (Å²) in [5, 5.41) is 0. The average molecular weight is 179 g/mol. The summed E-state index contributed by atoms with van der Waals surface area (Å²) in [5.41, 5.74) is 6.47. The number of aromatic nitrogens is 2. The molecule has 1 aromatic rings. The van der Waals surface area contributed by atoms with Crippen molar-refractivity contribution < 1.29 is 0 Å². The largest absolute Gasteiger partial charge is 0.333 e. The van der Waals surface area contributed by atoms with Crippen molar-refractivity contribution in [1.29, 1.82) is 0 Å². The van der Waals surface area contributed by atoms with Crippen LogP contribution in [0.15, 0.2) is 18.7 Å². The standard InChI is InChI=1S/C10H17N3/c1-10(2)4-3-8(9(10)11)13-6-5-12-7-13/h5-9H,3-4,11H2,1-2H3. The van der Waals surface area contributed by atoms with Crippen molar-refractivity contribution in [2.24, 2.45) is 11.1 Å². The number of hydrogen-bond donors (Lipinski definition) is 1. The van der Waals surface area contributed by atoms with E-state index in [2.05, 4.69) is 23.4 Å². The highest BCUT2D eigenvalue weighted by atomic mass is 15.1. The molecule has 1 aliphatic carbocycles. The van der Waals surface area contributed by atoms with Gasteiger partial charge in [-0.25, -0.2) is 4.98 Å². The fourth-order valence-corrected chi connectivity index (χ4v) is 2.19. The molecule has 0 spiro atoms. The first kappa shape index (κ1) is 8.75. The van der Waals surface area contributed by atoms with E-state index in [0.29, 0.717) is 6.04 Å². The zero-order valence-electron chi connectivity index (χ0n) is 8.27. The Hall–Kier alpha value is -0.830. The van der Waals surface area contributed by atoms with E-state index in [4.69, 9.17) is 5.73 Å². The lowest BCUT2D eigenvalue weighted by molar-refractivity contribution is 0.299. The minimum Gasteiger partial charge on any atom is -0.333 e. The van der Waals surface area contributed by atoms with Crippen LogP contribution >= 0.6 is 0 Å². The molecule has 2 atom stereocenters. The molecule has 1 fully saturated rings. The molecule has 72 valence electrons. The van der Waals surface area contributed by atoms with E-state index in [9.17, 15) is 0 Å². The summed E-state index contributed by atoms with van der Waals surface area (Å²) >= 11 is 0. The molecule has 0 amide bonds. The van der Waals surface area contributed by atoms with Gasteiger partial charge in [-0.05, 0) is 18.3 Å². The van der Waals surface area contributed by atoms with Gasteiger partial charge >= 0.3 is 0 Å². The molecule has 1 heterocycles. The number of hydrogen-bond acceptors (Lipinski definition) is 2. The van der Waals surface area contributed by atoms with Crippen LogP contribution in [0.3, 0.4) is 0 Å². The van der Waals surface area contributed by atoms with Crippen molar-refractivity contribution in [2.45, 2.75) is 38.8 Å². The van der Waals surface area contributed by atoms with Gasteiger partial charge in [0.05, 0.1) is 12.4 Å². The Morgan fingerprint density at radius 1 is 1.54 bits per heavy atom. The second-order valence-corrected chi connectivity index (χ2v) is 4.63. The molecule has 3 heteroatoms. The molecule has 0 radical (unpaired) electrons. The lowest BCUT2D eigenvalue weighted by Crippen LogP contribution is -2.37. The maximum atomic E-state index is 6.20. The zero-order valence-corrected chi connectivity index (χ0v) is 8.27. The fourth-order valence-electron chi connectivity index (χ4n) is 2.19. The summed E-state index contributed by atoms with van der Waals surface area (Å²) in [6.45, 7) is 4.49. The van der Waals surface area contributed by atoms with Gasteiger partial charge in [-0.2, -0.15) is 0 Å².